The normalized spacial score (nSPS) is 18.2. The molecule has 1 amide bonds. The van der Waals surface area contributed by atoms with Crippen molar-refractivity contribution in [1.29, 1.82) is 0 Å². The van der Waals surface area contributed by atoms with Crippen LogP contribution in [0.3, 0.4) is 0 Å². The molecule has 7 N–H and O–H groups in total. The van der Waals surface area contributed by atoms with E-state index < -0.39 is 5.91 Å². The lowest BCUT2D eigenvalue weighted by Gasteiger charge is -2.26. The van der Waals surface area contributed by atoms with Crippen molar-refractivity contribution in [3.8, 4) is 11.5 Å². The highest BCUT2D eigenvalue weighted by Crippen LogP contribution is 2.27. The molecular weight excluding hydrogens is 392 g/mol. The molecule has 0 aliphatic heterocycles. The van der Waals surface area contributed by atoms with Crippen LogP contribution in [0.1, 0.15) is 36.0 Å². The molecule has 1 fully saturated rings. The standard InChI is InChI=1S/C23H26N6O2/c24-19-11-4-5-12-20(19)28-23-26-14-18(21(25)30)22(29-23)27-15-7-6-10-17(13-15)31-16-8-2-1-3-9-16/h1-3,6-10,13-14,19-20H,4-5,11-12,24H2,(H2,25,30)(H2,26,27,28,29)/p+1/t19-,20+/m0/s1. The van der Waals surface area contributed by atoms with Crippen molar-refractivity contribution < 1.29 is 14.5 Å². The highest BCUT2D eigenvalue weighted by Gasteiger charge is 2.27. The molecule has 8 heteroatoms. The van der Waals surface area contributed by atoms with Crippen molar-refractivity contribution in [2.75, 3.05) is 10.6 Å². The monoisotopic (exact) mass is 419 g/mol. The first-order valence-corrected chi connectivity index (χ1v) is 10.4. The molecule has 0 saturated heterocycles. The molecule has 2 aromatic carbocycles. The Morgan fingerprint density at radius 1 is 1.06 bits per heavy atom. The van der Waals surface area contributed by atoms with Crippen LogP contribution < -0.4 is 31.8 Å². The van der Waals surface area contributed by atoms with Gasteiger partial charge in [0.2, 0.25) is 5.82 Å². The van der Waals surface area contributed by atoms with Gasteiger partial charge in [0.25, 0.3) is 5.91 Å². The largest absolute Gasteiger partial charge is 0.457 e. The van der Waals surface area contributed by atoms with E-state index in [1.54, 1.807) is 6.20 Å². The summed E-state index contributed by atoms with van der Waals surface area (Å²) >= 11 is 0. The second-order valence-electron chi connectivity index (χ2n) is 7.64. The number of ether oxygens (including phenoxy) is 1. The van der Waals surface area contributed by atoms with Gasteiger partial charge in [0.1, 0.15) is 17.1 Å². The first kappa shape index (κ1) is 20.6. The fourth-order valence-electron chi connectivity index (χ4n) is 3.68. The molecule has 31 heavy (non-hydrogen) atoms. The van der Waals surface area contributed by atoms with Gasteiger partial charge in [-0.2, -0.15) is 0 Å². The average Bonchev–Trinajstić information content (AvgIpc) is 2.76. The van der Waals surface area contributed by atoms with Crippen LogP contribution in [0.5, 0.6) is 11.5 Å². The zero-order valence-electron chi connectivity index (χ0n) is 17.2. The summed E-state index contributed by atoms with van der Waals surface area (Å²) in [6.07, 6.45) is 5.79. The highest BCUT2D eigenvalue weighted by atomic mass is 16.5. The third kappa shape index (κ3) is 5.29. The molecule has 8 nitrogen and oxygen atoms in total. The fourth-order valence-corrected chi connectivity index (χ4v) is 3.68. The lowest BCUT2D eigenvalue weighted by molar-refractivity contribution is -0.365. The Balaban J connectivity index is 1.55. The number of hydrogen-bond donors (Lipinski definition) is 4. The number of rotatable bonds is 7. The zero-order valence-corrected chi connectivity index (χ0v) is 17.2. The van der Waals surface area contributed by atoms with Crippen molar-refractivity contribution in [2.45, 2.75) is 37.8 Å². The number of amides is 1. The number of nitrogens with two attached hydrogens (primary N) is 2. The van der Waals surface area contributed by atoms with Crippen molar-refractivity contribution in [1.82, 2.24) is 4.98 Å². The third-order valence-electron chi connectivity index (χ3n) is 5.31. The van der Waals surface area contributed by atoms with E-state index in [4.69, 9.17) is 16.2 Å². The van der Waals surface area contributed by atoms with Crippen LogP contribution in [0.15, 0.2) is 60.8 Å². The molecule has 0 spiro atoms. The van der Waals surface area contributed by atoms with E-state index in [1.807, 2.05) is 54.6 Å². The fraction of sp³-hybridized carbons (Fsp3) is 0.261. The van der Waals surface area contributed by atoms with Gasteiger partial charge < -0.3 is 21.5 Å². The molecule has 1 aliphatic rings. The number of nitrogens with zero attached hydrogens (tertiary/aromatic N) is 1. The predicted octanol–water partition coefficient (Wildman–Crippen LogP) is 3.21. The summed E-state index contributed by atoms with van der Waals surface area (Å²) in [5, 5.41) is 6.54. The molecule has 0 unspecified atom stereocenters. The number of aromatic nitrogens is 2. The van der Waals surface area contributed by atoms with Crippen LogP contribution in [-0.4, -0.2) is 23.0 Å². The minimum absolute atomic E-state index is 0.0722. The number of benzene rings is 2. The van der Waals surface area contributed by atoms with E-state index in [0.29, 0.717) is 17.5 Å². The Hall–Kier alpha value is -3.65. The van der Waals surface area contributed by atoms with Crippen LogP contribution in [0.2, 0.25) is 0 Å². The minimum Gasteiger partial charge on any atom is -0.457 e. The van der Waals surface area contributed by atoms with Crippen LogP contribution in [0.25, 0.3) is 0 Å². The molecule has 4 rings (SSSR count). The second kappa shape index (κ2) is 9.44. The number of carbonyl (C=O) groups is 1. The van der Waals surface area contributed by atoms with Crippen molar-refractivity contribution in [3.63, 3.8) is 0 Å². The molecule has 1 heterocycles. The van der Waals surface area contributed by atoms with Gasteiger partial charge in [0, 0.05) is 17.8 Å². The minimum atomic E-state index is -0.580. The number of carbonyl (C=O) groups excluding carboxylic acids is 1. The molecule has 1 saturated carbocycles. The zero-order chi connectivity index (χ0) is 21.6. The summed E-state index contributed by atoms with van der Waals surface area (Å²) in [5.74, 6) is 1.71. The van der Waals surface area contributed by atoms with Gasteiger partial charge in [-0.15, -0.1) is 0 Å². The number of primary amides is 1. The van der Waals surface area contributed by atoms with Crippen molar-refractivity contribution in [2.24, 2.45) is 11.5 Å². The summed E-state index contributed by atoms with van der Waals surface area (Å²) in [6, 6.07) is 17.1. The number of H-pyrrole nitrogens is 1. The molecular formula is C23H27N6O2+. The molecule has 1 aromatic heterocycles. The van der Waals surface area contributed by atoms with Crippen LogP contribution >= 0.6 is 0 Å². The molecule has 2 atom stereocenters. The predicted molar refractivity (Wildman–Crippen MR) is 119 cm³/mol. The summed E-state index contributed by atoms with van der Waals surface area (Å²) in [6.45, 7) is 0. The summed E-state index contributed by atoms with van der Waals surface area (Å²) in [7, 11) is 0. The van der Waals surface area contributed by atoms with Gasteiger partial charge in [-0.25, -0.2) is 4.98 Å². The Kier molecular flexibility index (Phi) is 6.28. The van der Waals surface area contributed by atoms with Gasteiger partial charge in [-0.3, -0.25) is 10.1 Å². The lowest BCUT2D eigenvalue weighted by atomic mass is 9.91. The van der Waals surface area contributed by atoms with E-state index in [1.165, 1.54) is 0 Å². The molecule has 1 aliphatic carbocycles. The number of hydrogen-bond acceptors (Lipinski definition) is 6. The first-order valence-electron chi connectivity index (χ1n) is 10.4. The summed E-state index contributed by atoms with van der Waals surface area (Å²) in [5.41, 5.74) is 12.8. The quantitative estimate of drug-likeness (QED) is 0.465. The van der Waals surface area contributed by atoms with Gasteiger partial charge in [-0.05, 0) is 43.5 Å². The van der Waals surface area contributed by atoms with Crippen LogP contribution in [0, 0.1) is 0 Å². The van der Waals surface area contributed by atoms with E-state index in [9.17, 15) is 4.79 Å². The maximum Gasteiger partial charge on any atom is 0.391 e. The Labute approximate surface area is 181 Å². The van der Waals surface area contributed by atoms with Crippen molar-refractivity contribution in [3.05, 3.63) is 66.4 Å². The maximum absolute atomic E-state index is 11.9. The average molecular weight is 420 g/mol. The number of anilines is 3. The lowest BCUT2D eigenvalue weighted by Crippen LogP contribution is -2.44. The van der Waals surface area contributed by atoms with Crippen molar-refractivity contribution >= 4 is 23.4 Å². The Morgan fingerprint density at radius 3 is 2.61 bits per heavy atom. The third-order valence-corrected chi connectivity index (χ3v) is 5.31. The number of para-hydroxylation sites is 1. The first-order chi connectivity index (χ1) is 15.1. The SMILES string of the molecule is NC(=O)c1c[nH+]c(N[C@@H]2CCCC[C@@H]2N)nc1Nc1cccc(Oc2ccccc2)c1. The van der Waals surface area contributed by atoms with Gasteiger partial charge in [-0.1, -0.05) is 35.7 Å². The second-order valence-corrected chi connectivity index (χ2v) is 7.64. The summed E-state index contributed by atoms with van der Waals surface area (Å²) < 4.78 is 5.89. The number of nitrogens with one attached hydrogen (secondary N) is 3. The maximum atomic E-state index is 11.9. The molecule has 160 valence electrons. The summed E-state index contributed by atoms with van der Waals surface area (Å²) in [4.78, 5) is 19.5. The van der Waals surface area contributed by atoms with Gasteiger partial charge >= 0.3 is 5.95 Å². The topological polar surface area (TPSA) is 129 Å². The number of aromatic amines is 1. The smallest absolute Gasteiger partial charge is 0.391 e. The van der Waals surface area contributed by atoms with Gasteiger partial charge in [0.15, 0.2) is 0 Å². The van der Waals surface area contributed by atoms with E-state index in [0.717, 1.165) is 37.1 Å². The molecule has 0 bridgehead atoms. The van der Waals surface area contributed by atoms with E-state index in [-0.39, 0.29) is 17.6 Å². The van der Waals surface area contributed by atoms with Gasteiger partial charge in [0.05, 0.1) is 12.2 Å². The Bertz CT molecular complexity index is 1040. The van der Waals surface area contributed by atoms with E-state index >= 15 is 0 Å². The van der Waals surface area contributed by atoms with Crippen LogP contribution in [-0.2, 0) is 0 Å². The molecule has 3 aromatic rings. The Morgan fingerprint density at radius 2 is 1.84 bits per heavy atom. The van der Waals surface area contributed by atoms with Crippen LogP contribution in [0.4, 0.5) is 17.5 Å². The van der Waals surface area contributed by atoms with E-state index in [2.05, 4.69) is 20.6 Å². The highest BCUT2D eigenvalue weighted by molar-refractivity contribution is 5.97. The molecule has 0 radical (unpaired) electrons.